The molecule has 0 saturated heterocycles. The van der Waals surface area contributed by atoms with Crippen LogP contribution in [0.2, 0.25) is 0 Å². The molecule has 7 nitrogen and oxygen atoms in total. The summed E-state index contributed by atoms with van der Waals surface area (Å²) in [5.74, 6) is 1.66. The molecule has 0 heterocycles. The van der Waals surface area contributed by atoms with Crippen molar-refractivity contribution >= 4 is 11.9 Å². The molecule has 0 aliphatic rings. The van der Waals surface area contributed by atoms with Crippen molar-refractivity contribution < 1.29 is 14.3 Å². The number of guanidine groups is 1. The maximum atomic E-state index is 11.7. The average Bonchev–Trinajstić information content (AvgIpc) is 2.78. The van der Waals surface area contributed by atoms with Gasteiger partial charge in [-0.1, -0.05) is 49.4 Å². The van der Waals surface area contributed by atoms with Gasteiger partial charge in [-0.25, -0.2) is 0 Å². The molecule has 0 aromatic heterocycles. The lowest BCUT2D eigenvalue weighted by Gasteiger charge is -2.17. The number of rotatable bonds is 11. The number of aliphatic imine (C=N–C) groups is 1. The van der Waals surface area contributed by atoms with E-state index in [-0.39, 0.29) is 12.5 Å². The van der Waals surface area contributed by atoms with Crippen LogP contribution in [0, 0.1) is 5.92 Å². The van der Waals surface area contributed by atoms with Crippen molar-refractivity contribution in [3.63, 3.8) is 0 Å². The van der Waals surface area contributed by atoms with Crippen molar-refractivity contribution in [2.75, 3.05) is 40.9 Å². The van der Waals surface area contributed by atoms with Crippen LogP contribution in [-0.4, -0.2) is 57.7 Å². The van der Waals surface area contributed by atoms with Gasteiger partial charge in [-0.15, -0.1) is 0 Å². The van der Waals surface area contributed by atoms with Crippen LogP contribution in [0.4, 0.5) is 0 Å². The maximum absolute atomic E-state index is 11.7. The molecule has 0 aliphatic carbocycles. The quantitative estimate of drug-likeness (QED) is 0.427. The number of carbonyl (C=O) groups excluding carboxylic acids is 1. The number of nitrogens with zero attached hydrogens (tertiary/aromatic N) is 2. The topological polar surface area (TPSA) is 75.2 Å². The van der Waals surface area contributed by atoms with Crippen LogP contribution in [-0.2, 0) is 22.7 Å². The Morgan fingerprint density at radius 3 is 2.52 bits per heavy atom. The molecule has 0 saturated carbocycles. The summed E-state index contributed by atoms with van der Waals surface area (Å²) in [4.78, 5) is 17.5. The Bertz CT molecular complexity index is 825. The summed E-state index contributed by atoms with van der Waals surface area (Å²) in [5, 5.41) is 6.63. The molecule has 2 N–H and O–H groups in total. The molecule has 0 bridgehead atoms. The summed E-state index contributed by atoms with van der Waals surface area (Å²) in [7, 11) is 5.17. The lowest BCUT2D eigenvalue weighted by atomic mass is 10.2. The zero-order valence-electron chi connectivity index (χ0n) is 18.9. The number of amides is 1. The predicted molar refractivity (Wildman–Crippen MR) is 124 cm³/mol. The van der Waals surface area contributed by atoms with Gasteiger partial charge in [0.2, 0.25) is 0 Å². The molecular weight excluding hydrogens is 392 g/mol. The third-order valence-electron chi connectivity index (χ3n) is 4.58. The zero-order chi connectivity index (χ0) is 22.5. The highest BCUT2D eigenvalue weighted by Crippen LogP contribution is 2.13. The molecular formula is C24H34N4O3. The van der Waals surface area contributed by atoms with Crippen molar-refractivity contribution in [2.24, 2.45) is 10.9 Å². The Morgan fingerprint density at radius 2 is 1.81 bits per heavy atom. The zero-order valence-corrected chi connectivity index (χ0v) is 18.9. The van der Waals surface area contributed by atoms with Gasteiger partial charge in [0, 0.05) is 34.2 Å². The van der Waals surface area contributed by atoms with Gasteiger partial charge in [0.15, 0.2) is 12.6 Å². The summed E-state index contributed by atoms with van der Waals surface area (Å²) in [6.45, 7) is 4.81. The minimum absolute atomic E-state index is 0.0251. The number of hydrogen-bond acceptors (Lipinski definition) is 4. The fourth-order valence-corrected chi connectivity index (χ4v) is 2.71. The number of likely N-dealkylation sites (N-methyl/N-ethyl adjacent to an activating group) is 1. The molecule has 0 fully saturated rings. The summed E-state index contributed by atoms with van der Waals surface area (Å²) in [6.07, 6.45) is 0. The molecule has 2 rings (SSSR count). The Balaban J connectivity index is 1.70. The van der Waals surface area contributed by atoms with E-state index in [1.807, 2.05) is 42.5 Å². The van der Waals surface area contributed by atoms with E-state index in [1.54, 1.807) is 21.1 Å². The number of benzene rings is 2. The van der Waals surface area contributed by atoms with Gasteiger partial charge in [-0.05, 0) is 29.2 Å². The SMILES string of the molecule is CN=C(NCc1cccc(OCC(=O)N(C)C)c1)NCC(C)COCc1ccccc1. The minimum Gasteiger partial charge on any atom is -0.484 e. The first-order valence-corrected chi connectivity index (χ1v) is 10.5. The Hall–Kier alpha value is -3.06. The van der Waals surface area contributed by atoms with E-state index >= 15 is 0 Å². The van der Waals surface area contributed by atoms with Gasteiger partial charge in [0.05, 0.1) is 13.2 Å². The highest BCUT2D eigenvalue weighted by Gasteiger charge is 2.07. The summed E-state index contributed by atoms with van der Waals surface area (Å²) in [5.41, 5.74) is 2.22. The van der Waals surface area contributed by atoms with Gasteiger partial charge in [-0.2, -0.15) is 0 Å². The van der Waals surface area contributed by atoms with Crippen molar-refractivity contribution in [1.29, 1.82) is 0 Å². The van der Waals surface area contributed by atoms with Gasteiger partial charge in [-0.3, -0.25) is 9.79 Å². The van der Waals surface area contributed by atoms with Gasteiger partial charge >= 0.3 is 0 Å². The maximum Gasteiger partial charge on any atom is 0.259 e. The molecule has 7 heteroatoms. The monoisotopic (exact) mass is 426 g/mol. The molecule has 1 atom stereocenters. The second-order valence-electron chi connectivity index (χ2n) is 7.64. The summed E-state index contributed by atoms with van der Waals surface area (Å²) in [6, 6.07) is 17.8. The van der Waals surface area contributed by atoms with Crippen LogP contribution in [0.1, 0.15) is 18.1 Å². The Morgan fingerprint density at radius 1 is 1.06 bits per heavy atom. The first-order valence-electron chi connectivity index (χ1n) is 10.5. The number of ether oxygens (including phenoxy) is 2. The first kappa shape index (κ1) is 24.2. The van der Waals surface area contributed by atoms with Crippen LogP contribution >= 0.6 is 0 Å². The fraction of sp³-hybridized carbons (Fsp3) is 0.417. The molecule has 0 aliphatic heterocycles. The van der Waals surface area contributed by atoms with Crippen molar-refractivity contribution in [1.82, 2.24) is 15.5 Å². The molecule has 1 amide bonds. The van der Waals surface area contributed by atoms with Crippen molar-refractivity contribution in [3.8, 4) is 5.75 Å². The van der Waals surface area contributed by atoms with Gasteiger partial charge in [0.25, 0.3) is 5.91 Å². The number of carbonyl (C=O) groups is 1. The lowest BCUT2D eigenvalue weighted by Crippen LogP contribution is -2.39. The molecule has 0 radical (unpaired) electrons. The second kappa shape index (κ2) is 13.3. The fourth-order valence-electron chi connectivity index (χ4n) is 2.71. The average molecular weight is 427 g/mol. The predicted octanol–water partition coefficient (Wildman–Crippen LogP) is 2.67. The smallest absolute Gasteiger partial charge is 0.259 e. The molecule has 2 aromatic carbocycles. The van der Waals surface area contributed by atoms with Gasteiger partial charge in [0.1, 0.15) is 5.75 Å². The van der Waals surface area contributed by atoms with Crippen LogP contribution < -0.4 is 15.4 Å². The minimum atomic E-state index is -0.0741. The normalized spacial score (nSPS) is 12.2. The number of nitrogens with one attached hydrogen (secondary N) is 2. The Labute approximate surface area is 185 Å². The van der Waals surface area contributed by atoms with E-state index in [2.05, 4.69) is 34.7 Å². The van der Waals surface area contributed by atoms with Crippen LogP contribution in [0.15, 0.2) is 59.6 Å². The van der Waals surface area contributed by atoms with Crippen molar-refractivity contribution in [3.05, 3.63) is 65.7 Å². The van der Waals surface area contributed by atoms with E-state index in [1.165, 1.54) is 10.5 Å². The second-order valence-corrected chi connectivity index (χ2v) is 7.64. The highest BCUT2D eigenvalue weighted by atomic mass is 16.5. The van der Waals surface area contributed by atoms with Crippen LogP contribution in [0.5, 0.6) is 5.75 Å². The van der Waals surface area contributed by atoms with E-state index in [4.69, 9.17) is 9.47 Å². The molecule has 168 valence electrons. The molecule has 31 heavy (non-hydrogen) atoms. The van der Waals surface area contributed by atoms with Gasteiger partial charge < -0.3 is 25.0 Å². The van der Waals surface area contributed by atoms with Crippen LogP contribution in [0.25, 0.3) is 0 Å². The largest absolute Gasteiger partial charge is 0.484 e. The van der Waals surface area contributed by atoms with E-state index in [0.717, 1.165) is 18.1 Å². The summed E-state index contributed by atoms with van der Waals surface area (Å²) < 4.78 is 11.4. The Kier molecular flexibility index (Phi) is 10.4. The summed E-state index contributed by atoms with van der Waals surface area (Å²) >= 11 is 0. The highest BCUT2D eigenvalue weighted by molar-refractivity contribution is 5.79. The standard InChI is InChI=1S/C24H34N4O3/c1-19(16-30-17-20-9-6-5-7-10-20)14-26-24(25-2)27-15-21-11-8-12-22(13-21)31-18-23(29)28(3)4/h5-13,19H,14-18H2,1-4H3,(H2,25,26,27). The van der Waals surface area contributed by atoms with E-state index in [0.29, 0.717) is 31.4 Å². The van der Waals surface area contributed by atoms with E-state index in [9.17, 15) is 4.79 Å². The van der Waals surface area contributed by atoms with Crippen LogP contribution in [0.3, 0.4) is 0 Å². The van der Waals surface area contributed by atoms with E-state index < -0.39 is 0 Å². The lowest BCUT2D eigenvalue weighted by molar-refractivity contribution is -0.130. The molecule has 0 spiro atoms. The third-order valence-corrected chi connectivity index (χ3v) is 4.58. The number of hydrogen-bond donors (Lipinski definition) is 2. The third kappa shape index (κ3) is 9.53. The first-order chi connectivity index (χ1) is 15.0. The molecule has 1 unspecified atom stereocenters. The molecule has 2 aromatic rings. The van der Waals surface area contributed by atoms with Crippen molar-refractivity contribution in [2.45, 2.75) is 20.1 Å².